The fourth-order valence-electron chi connectivity index (χ4n) is 4.95. The standard InChI is InChI=1S/C28H29AsN6O3S/c1-37-23-6-3-17(11-24(23)38-2)15-35-9-7-20(8-10-35)33-27(36)25-13-21-26(30-16-31-28(21)39-25)29-19-5-4-18-14-32-34-22(18)12-19/h3-6,11-14,16,20,29H,7-10,15H2,1-2H3,(H,32,34)(H,33,36). The van der Waals surface area contributed by atoms with E-state index in [1.165, 1.54) is 21.3 Å². The molecule has 2 N–H and O–H groups in total. The number of fused-ring (bicyclic) bond motifs is 2. The molecule has 1 amide bonds. The first-order valence-corrected chi connectivity index (χ1v) is 15.7. The van der Waals surface area contributed by atoms with Gasteiger partial charge < -0.3 is 9.47 Å². The average molecular weight is 605 g/mol. The number of aromatic nitrogens is 4. The Kier molecular flexibility index (Phi) is 7.50. The summed E-state index contributed by atoms with van der Waals surface area (Å²) in [5, 5.41) is 12.5. The molecule has 0 aliphatic carbocycles. The molecule has 0 saturated carbocycles. The predicted molar refractivity (Wildman–Crippen MR) is 155 cm³/mol. The average Bonchev–Trinajstić information content (AvgIpc) is 3.62. The maximum Gasteiger partial charge on any atom is 0.161 e. The molecular weight excluding hydrogens is 575 g/mol. The molecule has 3 aromatic heterocycles. The summed E-state index contributed by atoms with van der Waals surface area (Å²) in [4.78, 5) is 26.2. The van der Waals surface area contributed by atoms with Gasteiger partial charge in [-0.25, -0.2) is 0 Å². The first-order valence-electron chi connectivity index (χ1n) is 12.8. The zero-order chi connectivity index (χ0) is 26.8. The molecule has 1 fully saturated rings. The van der Waals surface area contributed by atoms with Crippen LogP contribution in [0.25, 0.3) is 21.1 Å². The molecule has 1 unspecified atom stereocenters. The Morgan fingerprint density at radius 1 is 1.10 bits per heavy atom. The Hall–Kier alpha value is -3.46. The van der Waals surface area contributed by atoms with Crippen LogP contribution in [-0.4, -0.2) is 80.1 Å². The van der Waals surface area contributed by atoms with Crippen LogP contribution >= 0.6 is 11.3 Å². The van der Waals surface area contributed by atoms with Gasteiger partial charge in [0.25, 0.3) is 0 Å². The smallest absolute Gasteiger partial charge is 0.161 e. The second-order valence-corrected chi connectivity index (χ2v) is 13.3. The minimum Gasteiger partial charge on any atom is -0.493 e. The van der Waals surface area contributed by atoms with Gasteiger partial charge in [-0.2, -0.15) is 0 Å². The van der Waals surface area contributed by atoms with Crippen molar-refractivity contribution in [3.8, 4) is 11.5 Å². The molecule has 5 aromatic rings. The van der Waals surface area contributed by atoms with E-state index in [1.807, 2.05) is 24.4 Å². The van der Waals surface area contributed by atoms with E-state index >= 15 is 0 Å². The largest absolute Gasteiger partial charge is 0.493 e. The van der Waals surface area contributed by atoms with Gasteiger partial charge in [-0.3, -0.25) is 0 Å². The third-order valence-electron chi connectivity index (χ3n) is 7.03. The number of benzene rings is 2. The van der Waals surface area contributed by atoms with Gasteiger partial charge in [0, 0.05) is 0 Å². The maximum atomic E-state index is 13.2. The number of methoxy groups -OCH3 is 2. The number of carbonyl (C=O) groups excluding carboxylic acids is 1. The van der Waals surface area contributed by atoms with E-state index in [-0.39, 0.29) is 11.9 Å². The zero-order valence-electron chi connectivity index (χ0n) is 21.7. The molecule has 11 heteroatoms. The van der Waals surface area contributed by atoms with Crippen molar-refractivity contribution in [3.63, 3.8) is 0 Å². The molecule has 39 heavy (non-hydrogen) atoms. The van der Waals surface area contributed by atoms with Gasteiger partial charge in [-0.05, 0) is 12.1 Å². The monoisotopic (exact) mass is 604 g/mol. The first-order chi connectivity index (χ1) is 19.1. The van der Waals surface area contributed by atoms with Gasteiger partial charge in [-0.1, -0.05) is 6.07 Å². The van der Waals surface area contributed by atoms with Crippen LogP contribution < -0.4 is 23.6 Å². The first kappa shape index (κ1) is 25.8. The Bertz CT molecular complexity index is 1630. The van der Waals surface area contributed by atoms with E-state index in [9.17, 15) is 4.79 Å². The third kappa shape index (κ3) is 5.64. The molecule has 0 bridgehead atoms. The number of carbonyl (C=O) groups is 1. The summed E-state index contributed by atoms with van der Waals surface area (Å²) in [5.41, 5.74) is 2.21. The summed E-state index contributed by atoms with van der Waals surface area (Å²) in [6, 6.07) is 14.6. The molecule has 0 radical (unpaired) electrons. The summed E-state index contributed by atoms with van der Waals surface area (Å²) in [6.45, 7) is 2.69. The number of rotatable bonds is 8. The molecule has 9 nitrogen and oxygen atoms in total. The Labute approximate surface area is 236 Å². The van der Waals surface area contributed by atoms with Crippen molar-refractivity contribution in [1.29, 1.82) is 0 Å². The molecule has 6 rings (SSSR count). The van der Waals surface area contributed by atoms with Crippen LogP contribution in [0.1, 0.15) is 28.1 Å². The number of thiophene rings is 1. The minimum absolute atomic E-state index is 0.0267. The minimum atomic E-state index is -0.693. The van der Waals surface area contributed by atoms with Crippen molar-refractivity contribution >= 4 is 62.9 Å². The molecule has 0 spiro atoms. The van der Waals surface area contributed by atoms with Gasteiger partial charge in [0.1, 0.15) is 0 Å². The quantitative estimate of drug-likeness (QED) is 0.262. The van der Waals surface area contributed by atoms with Gasteiger partial charge in [0.15, 0.2) is 11.5 Å². The van der Waals surface area contributed by atoms with Crippen LogP contribution in [0.2, 0.25) is 0 Å². The summed E-state index contributed by atoms with van der Waals surface area (Å²) >= 11 is 0.747. The second-order valence-electron chi connectivity index (χ2n) is 9.56. The van der Waals surface area contributed by atoms with E-state index in [4.69, 9.17) is 9.47 Å². The van der Waals surface area contributed by atoms with E-state index in [1.54, 1.807) is 20.5 Å². The number of H-pyrrole nitrogens is 1. The topological polar surface area (TPSA) is 105 Å². The van der Waals surface area contributed by atoms with Gasteiger partial charge in [-0.15, -0.1) is 0 Å². The SMILES string of the molecule is COc1ccc(CN2CCC(NC(=O)c3cc4c([AsH]c5ccc6cn[nH]c6c5)ncnc4s3)CC2)cc1OC. The molecule has 1 aliphatic heterocycles. The summed E-state index contributed by atoms with van der Waals surface area (Å²) in [6.07, 6.45) is 5.27. The van der Waals surface area contributed by atoms with Gasteiger partial charge in [0.05, 0.1) is 14.2 Å². The van der Waals surface area contributed by atoms with Crippen LogP contribution in [0, 0.1) is 0 Å². The molecular formula is C28H29AsN6O3S. The number of piperidine rings is 1. The van der Waals surface area contributed by atoms with Crippen molar-refractivity contribution in [2.24, 2.45) is 0 Å². The van der Waals surface area contributed by atoms with E-state index in [2.05, 4.69) is 54.6 Å². The van der Waals surface area contributed by atoms with Crippen LogP contribution in [-0.2, 0) is 6.54 Å². The number of amides is 1. The third-order valence-corrected chi connectivity index (χ3v) is 10.7. The number of ether oxygens (including phenoxy) is 2. The second kappa shape index (κ2) is 11.3. The van der Waals surface area contributed by atoms with Crippen molar-refractivity contribution in [1.82, 2.24) is 30.4 Å². The van der Waals surface area contributed by atoms with Crippen LogP contribution in [0.4, 0.5) is 0 Å². The molecule has 1 aliphatic rings. The molecule has 200 valence electrons. The Balaban J connectivity index is 1.08. The number of nitrogens with zero attached hydrogens (tertiary/aromatic N) is 4. The summed E-state index contributed by atoms with van der Waals surface area (Å²) in [7, 11) is 3.30. The number of likely N-dealkylation sites (tertiary alicyclic amines) is 1. The Morgan fingerprint density at radius 2 is 1.95 bits per heavy atom. The van der Waals surface area contributed by atoms with Crippen LogP contribution in [0.3, 0.4) is 0 Å². The Morgan fingerprint density at radius 3 is 2.77 bits per heavy atom. The van der Waals surface area contributed by atoms with E-state index in [0.717, 1.165) is 69.6 Å². The van der Waals surface area contributed by atoms with Crippen molar-refractivity contribution in [2.45, 2.75) is 25.4 Å². The van der Waals surface area contributed by atoms with Crippen molar-refractivity contribution < 1.29 is 14.3 Å². The molecule has 2 aromatic carbocycles. The molecule has 1 saturated heterocycles. The van der Waals surface area contributed by atoms with E-state index < -0.39 is 15.8 Å². The van der Waals surface area contributed by atoms with Gasteiger partial charge >= 0.3 is 184 Å². The number of aromatic amines is 1. The van der Waals surface area contributed by atoms with Crippen LogP contribution in [0.5, 0.6) is 11.5 Å². The fourth-order valence-corrected chi connectivity index (χ4v) is 8.36. The van der Waals surface area contributed by atoms with Crippen molar-refractivity contribution in [2.75, 3.05) is 27.3 Å². The molecule has 4 heterocycles. The molecule has 1 atom stereocenters. The van der Waals surface area contributed by atoms with Crippen LogP contribution in [0.15, 0.2) is 55.0 Å². The normalized spacial score (nSPS) is 14.9. The van der Waals surface area contributed by atoms with Crippen molar-refractivity contribution in [3.05, 3.63) is 65.4 Å². The maximum absolute atomic E-state index is 13.2. The fraction of sp³-hybridized carbons (Fsp3) is 0.286. The number of hydrogen-bond donors (Lipinski definition) is 2. The zero-order valence-corrected chi connectivity index (χ0v) is 24.6. The summed E-state index contributed by atoms with van der Waals surface area (Å²) < 4.78 is 13.1. The van der Waals surface area contributed by atoms with Gasteiger partial charge in [0.2, 0.25) is 0 Å². The summed E-state index contributed by atoms with van der Waals surface area (Å²) in [5.74, 6) is 1.45. The van der Waals surface area contributed by atoms with E-state index in [0.29, 0.717) is 4.88 Å². The number of hydrogen-bond acceptors (Lipinski definition) is 8. The number of nitrogens with one attached hydrogen (secondary N) is 2. The predicted octanol–water partition coefficient (Wildman–Crippen LogP) is 2.37.